The van der Waals surface area contributed by atoms with Gasteiger partial charge in [0.05, 0.1) is 6.54 Å². The van der Waals surface area contributed by atoms with Crippen LogP contribution in [0.1, 0.15) is 26.3 Å². The molecule has 0 saturated carbocycles. The molecule has 0 fully saturated rings. The van der Waals surface area contributed by atoms with Crippen LogP contribution >= 0.6 is 11.8 Å². The molecule has 0 aliphatic rings. The molecule has 1 N–H and O–H groups in total. The Bertz CT molecular complexity index is 341. The summed E-state index contributed by atoms with van der Waals surface area (Å²) in [5.41, 5.74) is 1.18. The van der Waals surface area contributed by atoms with Crippen LogP contribution in [-0.4, -0.2) is 21.9 Å². The Labute approximate surface area is 102 Å². The predicted octanol–water partition coefficient (Wildman–Crippen LogP) is 2.69. The Morgan fingerprint density at radius 2 is 2.25 bits per heavy atom. The van der Waals surface area contributed by atoms with E-state index in [1.165, 1.54) is 0 Å². The summed E-state index contributed by atoms with van der Waals surface area (Å²) in [6.07, 6.45) is 5.65. The topological polar surface area (TPSA) is 37.3 Å². The van der Waals surface area contributed by atoms with Crippen LogP contribution in [0, 0.1) is 0 Å². The van der Waals surface area contributed by atoms with E-state index in [9.17, 15) is 0 Å². The lowest BCUT2D eigenvalue weighted by molar-refractivity contribution is 0.514. The molecule has 4 heteroatoms. The van der Waals surface area contributed by atoms with Crippen LogP contribution < -0.4 is 5.32 Å². The molecule has 1 heterocycles. The average molecular weight is 237 g/mol. The van der Waals surface area contributed by atoms with Gasteiger partial charge in [-0.25, -0.2) is 0 Å². The number of aromatic nitrogens is 1. The highest BCUT2D eigenvalue weighted by Crippen LogP contribution is 2.06. The Hall–Kier alpha value is -1.03. The second-order valence-corrected chi connectivity index (χ2v) is 5.36. The van der Waals surface area contributed by atoms with Crippen LogP contribution in [0.4, 0.5) is 0 Å². The number of hydrogen-bond donors (Lipinski definition) is 1. The third-order valence-corrected chi connectivity index (χ3v) is 2.42. The van der Waals surface area contributed by atoms with Gasteiger partial charge in [-0.3, -0.25) is 9.98 Å². The minimum Gasteiger partial charge on any atom is -0.360 e. The highest BCUT2D eigenvalue weighted by molar-refractivity contribution is 8.13. The second kappa shape index (κ2) is 5.89. The van der Waals surface area contributed by atoms with Crippen molar-refractivity contribution in [3.63, 3.8) is 0 Å². The van der Waals surface area contributed by atoms with Crippen LogP contribution in [0.15, 0.2) is 29.5 Å². The zero-order chi connectivity index (χ0) is 12.0. The molecule has 1 rings (SSSR count). The van der Waals surface area contributed by atoms with Crippen molar-refractivity contribution in [3.05, 3.63) is 30.1 Å². The maximum atomic E-state index is 4.53. The fourth-order valence-electron chi connectivity index (χ4n) is 1.13. The zero-order valence-electron chi connectivity index (χ0n) is 10.3. The predicted molar refractivity (Wildman–Crippen MR) is 71.8 cm³/mol. The van der Waals surface area contributed by atoms with Crippen LogP contribution in [0.2, 0.25) is 0 Å². The average Bonchev–Trinajstić information content (AvgIpc) is 2.24. The normalized spacial score (nSPS) is 12.6. The van der Waals surface area contributed by atoms with Gasteiger partial charge in [0.1, 0.15) is 0 Å². The third-order valence-electron chi connectivity index (χ3n) is 1.80. The quantitative estimate of drug-likeness (QED) is 0.635. The Balaban J connectivity index is 2.60. The smallest absolute Gasteiger partial charge is 0.157 e. The molecule has 0 aliphatic heterocycles. The fraction of sp³-hybridized carbons (Fsp3) is 0.500. The summed E-state index contributed by atoms with van der Waals surface area (Å²) in [5.74, 6) is 0. The van der Waals surface area contributed by atoms with Crippen molar-refractivity contribution in [2.75, 3.05) is 6.26 Å². The van der Waals surface area contributed by atoms with Crippen LogP contribution in [0.3, 0.4) is 0 Å². The number of nitrogens with one attached hydrogen (secondary N) is 1. The van der Waals surface area contributed by atoms with E-state index in [4.69, 9.17) is 0 Å². The molecule has 0 saturated heterocycles. The highest BCUT2D eigenvalue weighted by atomic mass is 32.2. The monoisotopic (exact) mass is 237 g/mol. The standard InChI is InChI=1S/C12H19N3S/c1-12(2,3)15-11(16-4)14-9-10-6-5-7-13-8-10/h5-8H,9H2,1-4H3,(H,14,15). The van der Waals surface area contributed by atoms with Gasteiger partial charge >= 0.3 is 0 Å². The number of rotatable bonds is 2. The van der Waals surface area contributed by atoms with Gasteiger partial charge in [0, 0.05) is 17.9 Å². The van der Waals surface area contributed by atoms with Gasteiger partial charge in [0.25, 0.3) is 0 Å². The van der Waals surface area contributed by atoms with Crippen LogP contribution in [0.25, 0.3) is 0 Å². The van der Waals surface area contributed by atoms with Crippen molar-refractivity contribution >= 4 is 16.9 Å². The zero-order valence-corrected chi connectivity index (χ0v) is 11.1. The van der Waals surface area contributed by atoms with Gasteiger partial charge in [-0.1, -0.05) is 17.8 Å². The number of nitrogens with zero attached hydrogens (tertiary/aromatic N) is 2. The van der Waals surface area contributed by atoms with Gasteiger partial charge < -0.3 is 5.32 Å². The first-order valence-corrected chi connectivity index (χ1v) is 6.49. The van der Waals surface area contributed by atoms with E-state index in [1.807, 2.05) is 24.6 Å². The molecule has 0 bridgehead atoms. The first-order chi connectivity index (χ1) is 7.51. The van der Waals surface area contributed by atoms with Gasteiger partial charge in [-0.2, -0.15) is 0 Å². The molecule has 0 unspecified atom stereocenters. The number of pyridine rings is 1. The van der Waals surface area contributed by atoms with E-state index in [1.54, 1.807) is 18.0 Å². The minimum absolute atomic E-state index is 0.0524. The summed E-state index contributed by atoms with van der Waals surface area (Å²) in [4.78, 5) is 8.59. The van der Waals surface area contributed by atoms with Gasteiger partial charge in [-0.15, -0.1) is 0 Å². The molecule has 1 aromatic rings. The minimum atomic E-state index is 0.0524. The van der Waals surface area contributed by atoms with E-state index in [0.717, 1.165) is 10.7 Å². The molecule has 0 amide bonds. The van der Waals surface area contributed by atoms with Gasteiger partial charge in [-0.05, 0) is 38.7 Å². The first-order valence-electron chi connectivity index (χ1n) is 5.27. The molecule has 3 nitrogen and oxygen atoms in total. The molecular weight excluding hydrogens is 218 g/mol. The Kier molecular flexibility index (Phi) is 4.80. The first kappa shape index (κ1) is 13.0. The Morgan fingerprint density at radius 3 is 2.75 bits per heavy atom. The molecule has 0 radical (unpaired) electrons. The molecule has 0 aliphatic carbocycles. The van der Waals surface area contributed by atoms with Crippen molar-refractivity contribution < 1.29 is 0 Å². The van der Waals surface area contributed by atoms with E-state index in [0.29, 0.717) is 6.54 Å². The van der Waals surface area contributed by atoms with Crippen LogP contribution in [0.5, 0.6) is 0 Å². The van der Waals surface area contributed by atoms with Crippen molar-refractivity contribution in [3.8, 4) is 0 Å². The lowest BCUT2D eigenvalue weighted by Crippen LogP contribution is -2.39. The summed E-state index contributed by atoms with van der Waals surface area (Å²) in [6.45, 7) is 7.06. The largest absolute Gasteiger partial charge is 0.360 e. The molecule has 88 valence electrons. The molecular formula is C12H19N3S. The lowest BCUT2D eigenvalue weighted by atomic mass is 10.1. The molecule has 16 heavy (non-hydrogen) atoms. The summed E-state index contributed by atoms with van der Waals surface area (Å²) < 4.78 is 0. The molecule has 1 aromatic heterocycles. The SMILES string of the molecule is CSC(=NCc1cccnc1)NC(C)(C)C. The third kappa shape index (κ3) is 5.16. The summed E-state index contributed by atoms with van der Waals surface area (Å²) in [5, 5.41) is 4.34. The fourth-order valence-corrected chi connectivity index (χ4v) is 1.73. The lowest BCUT2D eigenvalue weighted by Gasteiger charge is -2.22. The number of thioether (sulfide) groups is 1. The summed E-state index contributed by atoms with van der Waals surface area (Å²) in [7, 11) is 0. The molecule has 0 atom stereocenters. The van der Waals surface area contributed by atoms with E-state index >= 15 is 0 Å². The van der Waals surface area contributed by atoms with Crippen molar-refractivity contribution in [1.82, 2.24) is 10.3 Å². The number of aliphatic imine (C=N–C) groups is 1. The summed E-state index contributed by atoms with van der Waals surface area (Å²) in [6, 6.07) is 3.96. The van der Waals surface area contributed by atoms with E-state index in [2.05, 4.69) is 36.1 Å². The molecule has 0 aromatic carbocycles. The van der Waals surface area contributed by atoms with Gasteiger partial charge in [0.15, 0.2) is 5.17 Å². The molecule has 0 spiro atoms. The second-order valence-electron chi connectivity index (χ2n) is 4.56. The Morgan fingerprint density at radius 1 is 1.50 bits per heavy atom. The van der Waals surface area contributed by atoms with E-state index < -0.39 is 0 Å². The maximum Gasteiger partial charge on any atom is 0.157 e. The van der Waals surface area contributed by atoms with Crippen molar-refractivity contribution in [1.29, 1.82) is 0 Å². The van der Waals surface area contributed by atoms with E-state index in [-0.39, 0.29) is 5.54 Å². The number of amidine groups is 1. The van der Waals surface area contributed by atoms with Crippen molar-refractivity contribution in [2.24, 2.45) is 4.99 Å². The van der Waals surface area contributed by atoms with Crippen molar-refractivity contribution in [2.45, 2.75) is 32.9 Å². The summed E-state index contributed by atoms with van der Waals surface area (Å²) >= 11 is 1.63. The van der Waals surface area contributed by atoms with Gasteiger partial charge in [0.2, 0.25) is 0 Å². The highest BCUT2D eigenvalue weighted by Gasteiger charge is 2.11. The number of hydrogen-bond acceptors (Lipinski definition) is 3. The van der Waals surface area contributed by atoms with Crippen LogP contribution in [-0.2, 0) is 6.54 Å². The maximum absolute atomic E-state index is 4.53.